The van der Waals surface area contributed by atoms with E-state index in [2.05, 4.69) is 56.9 Å². The van der Waals surface area contributed by atoms with Crippen molar-refractivity contribution in [2.24, 2.45) is 4.99 Å². The average molecular weight is 228 g/mol. The highest BCUT2D eigenvalue weighted by Gasteiger charge is 2.16. The molecule has 0 amide bonds. The summed E-state index contributed by atoms with van der Waals surface area (Å²) >= 11 is 0. The molecule has 90 valence electrons. The standard InChI is InChI=1S/C15H20N2/c1-6-13-11(4)12(5)17-15(13)7-14-10(3)9(2)8-16-14/h7-8,16H,6H2,1-5H3. The number of aryl methyl sites for hydroxylation is 1. The molecule has 1 N–H and O–H groups in total. The van der Waals surface area contributed by atoms with Gasteiger partial charge in [-0.3, -0.25) is 4.99 Å². The molecule has 0 atom stereocenters. The molecule has 2 heterocycles. The summed E-state index contributed by atoms with van der Waals surface area (Å²) in [4.78, 5) is 7.96. The van der Waals surface area contributed by atoms with E-state index in [9.17, 15) is 0 Å². The summed E-state index contributed by atoms with van der Waals surface area (Å²) in [5, 5.41) is 0. The van der Waals surface area contributed by atoms with E-state index in [-0.39, 0.29) is 0 Å². The van der Waals surface area contributed by atoms with Gasteiger partial charge in [0.15, 0.2) is 0 Å². The number of aliphatic imine (C=N–C) groups is 1. The van der Waals surface area contributed by atoms with Crippen LogP contribution in [0.15, 0.2) is 28.0 Å². The first-order chi connectivity index (χ1) is 8.04. The number of hydrogen-bond acceptors (Lipinski definition) is 1. The zero-order chi connectivity index (χ0) is 12.6. The van der Waals surface area contributed by atoms with Crippen molar-refractivity contribution in [1.82, 2.24) is 4.98 Å². The van der Waals surface area contributed by atoms with Gasteiger partial charge >= 0.3 is 0 Å². The van der Waals surface area contributed by atoms with Crippen molar-refractivity contribution in [2.75, 3.05) is 0 Å². The van der Waals surface area contributed by atoms with Crippen molar-refractivity contribution in [2.45, 2.75) is 41.0 Å². The summed E-state index contributed by atoms with van der Waals surface area (Å²) in [5.74, 6) is 0. The Morgan fingerprint density at radius 3 is 2.47 bits per heavy atom. The fourth-order valence-electron chi connectivity index (χ4n) is 2.21. The number of rotatable bonds is 2. The van der Waals surface area contributed by atoms with E-state index in [0.717, 1.165) is 17.8 Å². The van der Waals surface area contributed by atoms with E-state index in [1.165, 1.54) is 28.0 Å². The molecule has 0 aliphatic carbocycles. The maximum atomic E-state index is 4.65. The number of nitrogens with zero attached hydrogens (tertiary/aromatic N) is 1. The second-order valence-corrected chi connectivity index (χ2v) is 4.69. The van der Waals surface area contributed by atoms with Gasteiger partial charge in [0.05, 0.1) is 5.70 Å². The summed E-state index contributed by atoms with van der Waals surface area (Å²) < 4.78 is 0. The predicted octanol–water partition coefficient (Wildman–Crippen LogP) is 4.17. The molecule has 0 saturated carbocycles. The summed E-state index contributed by atoms with van der Waals surface area (Å²) in [6, 6.07) is 0. The number of allylic oxidation sites excluding steroid dienone is 2. The van der Waals surface area contributed by atoms with Crippen LogP contribution in [0.3, 0.4) is 0 Å². The van der Waals surface area contributed by atoms with Crippen LogP contribution in [0.5, 0.6) is 0 Å². The fraction of sp³-hybridized carbons (Fsp3) is 0.400. The van der Waals surface area contributed by atoms with E-state index in [4.69, 9.17) is 0 Å². The van der Waals surface area contributed by atoms with Crippen LogP contribution < -0.4 is 0 Å². The molecule has 0 fully saturated rings. The number of nitrogens with one attached hydrogen (secondary N) is 1. The Labute approximate surface area is 103 Å². The second kappa shape index (κ2) is 4.36. The minimum atomic E-state index is 1.04. The van der Waals surface area contributed by atoms with E-state index >= 15 is 0 Å². The summed E-state index contributed by atoms with van der Waals surface area (Å²) in [6.45, 7) is 10.7. The van der Waals surface area contributed by atoms with Crippen LogP contribution in [0.1, 0.15) is 44.0 Å². The molecule has 0 aromatic carbocycles. The lowest BCUT2D eigenvalue weighted by molar-refractivity contribution is 1.10. The fourth-order valence-corrected chi connectivity index (χ4v) is 2.21. The van der Waals surface area contributed by atoms with Crippen molar-refractivity contribution in [3.63, 3.8) is 0 Å². The SMILES string of the molecule is CCC1=C(C)C(C)=NC1=Cc1[nH]cc(C)c1C. The Morgan fingerprint density at radius 2 is 1.94 bits per heavy atom. The van der Waals surface area contributed by atoms with Gasteiger partial charge in [-0.25, -0.2) is 0 Å². The van der Waals surface area contributed by atoms with Gasteiger partial charge in [0.2, 0.25) is 0 Å². The normalized spacial score (nSPS) is 18.2. The Morgan fingerprint density at radius 1 is 1.24 bits per heavy atom. The summed E-state index contributed by atoms with van der Waals surface area (Å²) in [6.07, 6.45) is 5.26. The zero-order valence-corrected chi connectivity index (χ0v) is 11.3. The van der Waals surface area contributed by atoms with Crippen molar-refractivity contribution >= 4 is 11.8 Å². The highest BCUT2D eigenvalue weighted by atomic mass is 14.8. The summed E-state index contributed by atoms with van der Waals surface area (Å²) in [7, 11) is 0. The van der Waals surface area contributed by atoms with Crippen LogP contribution in [0, 0.1) is 13.8 Å². The third kappa shape index (κ3) is 1.99. The van der Waals surface area contributed by atoms with Crippen LogP contribution in [0.4, 0.5) is 0 Å². The molecule has 17 heavy (non-hydrogen) atoms. The molecule has 0 saturated heterocycles. The Bertz CT molecular complexity index is 539. The van der Waals surface area contributed by atoms with E-state index in [1.807, 2.05) is 0 Å². The average Bonchev–Trinajstić information content (AvgIpc) is 2.74. The minimum Gasteiger partial charge on any atom is -0.361 e. The predicted molar refractivity (Wildman–Crippen MR) is 74.3 cm³/mol. The minimum absolute atomic E-state index is 1.04. The van der Waals surface area contributed by atoms with Crippen LogP contribution in [-0.2, 0) is 0 Å². The van der Waals surface area contributed by atoms with E-state index < -0.39 is 0 Å². The number of hydrogen-bond donors (Lipinski definition) is 1. The maximum Gasteiger partial charge on any atom is 0.0688 e. The molecule has 1 aromatic heterocycles. The monoisotopic (exact) mass is 228 g/mol. The van der Waals surface area contributed by atoms with Crippen LogP contribution >= 0.6 is 0 Å². The molecule has 0 spiro atoms. The zero-order valence-electron chi connectivity index (χ0n) is 11.3. The number of H-pyrrole nitrogens is 1. The maximum absolute atomic E-state index is 4.65. The van der Waals surface area contributed by atoms with Crippen LogP contribution in [-0.4, -0.2) is 10.7 Å². The number of aromatic nitrogens is 1. The largest absolute Gasteiger partial charge is 0.361 e. The smallest absolute Gasteiger partial charge is 0.0688 e. The lowest BCUT2D eigenvalue weighted by atomic mass is 10.0. The second-order valence-electron chi connectivity index (χ2n) is 4.69. The van der Waals surface area contributed by atoms with E-state index in [1.54, 1.807) is 0 Å². The van der Waals surface area contributed by atoms with E-state index in [0.29, 0.717) is 0 Å². The lowest BCUT2D eigenvalue weighted by Gasteiger charge is -2.02. The molecule has 0 unspecified atom stereocenters. The van der Waals surface area contributed by atoms with Crippen molar-refractivity contribution in [1.29, 1.82) is 0 Å². The third-order valence-electron chi connectivity index (χ3n) is 3.67. The third-order valence-corrected chi connectivity index (χ3v) is 3.67. The van der Waals surface area contributed by atoms with Gasteiger partial charge in [0.1, 0.15) is 0 Å². The number of aromatic amines is 1. The molecule has 0 bridgehead atoms. The van der Waals surface area contributed by atoms with Gasteiger partial charge in [-0.2, -0.15) is 0 Å². The van der Waals surface area contributed by atoms with Gasteiger partial charge < -0.3 is 4.98 Å². The topological polar surface area (TPSA) is 28.1 Å². The molecular weight excluding hydrogens is 208 g/mol. The first-order valence-corrected chi connectivity index (χ1v) is 6.16. The van der Waals surface area contributed by atoms with Crippen molar-refractivity contribution in [3.8, 4) is 0 Å². The molecule has 2 rings (SSSR count). The molecule has 1 aliphatic rings. The summed E-state index contributed by atoms with van der Waals surface area (Å²) in [5.41, 5.74) is 8.75. The molecule has 1 aromatic rings. The quantitative estimate of drug-likeness (QED) is 0.787. The van der Waals surface area contributed by atoms with Gasteiger partial charge in [-0.05, 0) is 62.5 Å². The highest BCUT2D eigenvalue weighted by Crippen LogP contribution is 2.29. The molecule has 1 aliphatic heterocycles. The molecule has 0 radical (unpaired) electrons. The first-order valence-electron chi connectivity index (χ1n) is 6.16. The molecular formula is C15H20N2. The Balaban J connectivity index is 2.46. The van der Waals surface area contributed by atoms with Gasteiger partial charge in [0.25, 0.3) is 0 Å². The van der Waals surface area contributed by atoms with Gasteiger partial charge in [0, 0.05) is 17.6 Å². The molecule has 2 heteroatoms. The van der Waals surface area contributed by atoms with Crippen LogP contribution in [0.2, 0.25) is 0 Å². The first kappa shape index (κ1) is 11.9. The van der Waals surface area contributed by atoms with Gasteiger partial charge in [-0.1, -0.05) is 6.92 Å². The molecule has 2 nitrogen and oxygen atoms in total. The van der Waals surface area contributed by atoms with Crippen molar-refractivity contribution in [3.05, 3.63) is 39.9 Å². The Hall–Kier alpha value is -1.57. The Kier molecular flexibility index (Phi) is 3.05. The lowest BCUT2D eigenvalue weighted by Crippen LogP contribution is -1.89. The van der Waals surface area contributed by atoms with Crippen LogP contribution in [0.25, 0.3) is 6.08 Å². The van der Waals surface area contributed by atoms with Gasteiger partial charge in [-0.15, -0.1) is 0 Å². The van der Waals surface area contributed by atoms with Crippen molar-refractivity contribution < 1.29 is 0 Å². The highest BCUT2D eigenvalue weighted by molar-refractivity contribution is 6.03.